The van der Waals surface area contributed by atoms with Crippen LogP contribution in [0.25, 0.3) is 0 Å². The van der Waals surface area contributed by atoms with Gasteiger partial charge in [0.25, 0.3) is 0 Å². The zero-order valence-electron chi connectivity index (χ0n) is 20.1. The number of benzene rings is 2. The van der Waals surface area contributed by atoms with Gasteiger partial charge in [-0.3, -0.25) is 19.7 Å². The van der Waals surface area contributed by atoms with E-state index in [1.54, 1.807) is 0 Å². The fourth-order valence-electron chi connectivity index (χ4n) is 5.09. The van der Waals surface area contributed by atoms with Crippen LogP contribution in [-0.2, 0) is 9.59 Å². The number of nitrogens with zero attached hydrogens (tertiary/aromatic N) is 3. The number of hydrogen-bond acceptors (Lipinski definition) is 6. The van der Waals surface area contributed by atoms with E-state index in [4.69, 9.17) is 4.74 Å². The summed E-state index contributed by atoms with van der Waals surface area (Å²) in [6, 6.07) is 12.3. The Kier molecular flexibility index (Phi) is 7.48. The number of para-hydroxylation sites is 1. The predicted octanol–water partition coefficient (Wildman–Crippen LogP) is 2.33. The van der Waals surface area contributed by atoms with Gasteiger partial charge in [-0.05, 0) is 31.2 Å². The Morgan fingerprint density at radius 1 is 1.05 bits per heavy atom. The van der Waals surface area contributed by atoms with Crippen molar-refractivity contribution in [3.8, 4) is 5.75 Å². The van der Waals surface area contributed by atoms with E-state index in [0.29, 0.717) is 32.2 Å². The van der Waals surface area contributed by atoms with Crippen molar-refractivity contribution in [1.82, 2.24) is 15.3 Å². The van der Waals surface area contributed by atoms with Crippen molar-refractivity contribution in [3.63, 3.8) is 0 Å². The molecule has 2 fully saturated rings. The molecule has 10 nitrogen and oxygen atoms in total. The van der Waals surface area contributed by atoms with E-state index < -0.39 is 47.1 Å². The lowest BCUT2D eigenvalue weighted by Crippen LogP contribution is -2.71. The van der Waals surface area contributed by atoms with E-state index in [2.05, 4.69) is 4.90 Å². The number of hydrogen-bond donors (Lipinski definition) is 3. The molecule has 2 aromatic carbocycles. The molecule has 4 rings (SSSR count). The Hall–Kier alpha value is -3.93. The summed E-state index contributed by atoms with van der Waals surface area (Å²) in [5.74, 6) is -5.04. The molecule has 0 bridgehead atoms. The van der Waals surface area contributed by atoms with E-state index >= 15 is 0 Å². The van der Waals surface area contributed by atoms with Crippen LogP contribution in [0.5, 0.6) is 5.75 Å². The molecule has 2 aliphatic rings. The monoisotopic (exact) mass is 518 g/mol. The molecule has 3 amide bonds. The van der Waals surface area contributed by atoms with Crippen LogP contribution >= 0.6 is 0 Å². The summed E-state index contributed by atoms with van der Waals surface area (Å²) >= 11 is 0. The number of piperazine rings is 1. The average molecular weight is 519 g/mol. The number of piperidine rings is 1. The second-order valence-electron chi connectivity index (χ2n) is 9.23. The third-order valence-electron chi connectivity index (χ3n) is 7.09. The molecular formula is C25H28F2N4O6. The van der Waals surface area contributed by atoms with Crippen LogP contribution in [0.15, 0.2) is 48.5 Å². The summed E-state index contributed by atoms with van der Waals surface area (Å²) in [6.07, 6.45) is -2.73. The Morgan fingerprint density at radius 3 is 2.32 bits per heavy atom. The van der Waals surface area contributed by atoms with Gasteiger partial charge in [0.2, 0.25) is 11.8 Å². The molecule has 0 saturated carbocycles. The molecule has 0 unspecified atom stereocenters. The van der Waals surface area contributed by atoms with Crippen molar-refractivity contribution in [2.75, 3.05) is 37.6 Å². The SMILES string of the molecule is C[C@@]1(C(=O)N2CCN(c3ccccc3)CC2)[C@@H](C(=O)NO)C[C@H](Oc2ccc(F)cc2F)CN1C(=O)O. The number of hydroxylamine groups is 1. The maximum Gasteiger partial charge on any atom is 0.408 e. The Morgan fingerprint density at radius 2 is 1.73 bits per heavy atom. The highest BCUT2D eigenvalue weighted by molar-refractivity contribution is 5.96. The largest absolute Gasteiger partial charge is 0.485 e. The van der Waals surface area contributed by atoms with Gasteiger partial charge in [0.1, 0.15) is 17.5 Å². The molecule has 2 saturated heterocycles. The van der Waals surface area contributed by atoms with Gasteiger partial charge in [-0.15, -0.1) is 0 Å². The van der Waals surface area contributed by atoms with Crippen molar-refractivity contribution in [3.05, 3.63) is 60.2 Å². The van der Waals surface area contributed by atoms with Gasteiger partial charge < -0.3 is 19.6 Å². The summed E-state index contributed by atoms with van der Waals surface area (Å²) in [5, 5.41) is 19.4. The lowest BCUT2D eigenvalue weighted by atomic mass is 9.75. The maximum atomic E-state index is 14.2. The number of likely N-dealkylation sites (tertiary alicyclic amines) is 1. The van der Waals surface area contributed by atoms with Crippen LogP contribution in [0.1, 0.15) is 13.3 Å². The van der Waals surface area contributed by atoms with Gasteiger partial charge in [0.15, 0.2) is 11.6 Å². The summed E-state index contributed by atoms with van der Waals surface area (Å²) in [5.41, 5.74) is 0.652. The van der Waals surface area contributed by atoms with Crippen molar-refractivity contribution in [1.29, 1.82) is 0 Å². The zero-order chi connectivity index (χ0) is 26.7. The topological polar surface area (TPSA) is 123 Å². The first kappa shape index (κ1) is 26.1. The van der Waals surface area contributed by atoms with Crippen LogP contribution in [-0.4, -0.2) is 82.4 Å². The van der Waals surface area contributed by atoms with Gasteiger partial charge in [-0.1, -0.05) is 18.2 Å². The van der Waals surface area contributed by atoms with Gasteiger partial charge in [-0.2, -0.15) is 0 Å². The van der Waals surface area contributed by atoms with Crippen molar-refractivity contribution < 1.29 is 38.2 Å². The average Bonchev–Trinajstić information content (AvgIpc) is 2.90. The molecule has 198 valence electrons. The fraction of sp³-hybridized carbons (Fsp3) is 0.400. The van der Waals surface area contributed by atoms with Gasteiger partial charge in [-0.25, -0.2) is 19.1 Å². The minimum Gasteiger partial charge on any atom is -0.485 e. The van der Waals surface area contributed by atoms with Crippen molar-refractivity contribution in [2.24, 2.45) is 5.92 Å². The fourth-order valence-corrected chi connectivity index (χ4v) is 5.09. The summed E-state index contributed by atoms with van der Waals surface area (Å²) < 4.78 is 33.1. The number of rotatable bonds is 5. The van der Waals surface area contributed by atoms with Crippen LogP contribution in [0.3, 0.4) is 0 Å². The maximum absolute atomic E-state index is 14.2. The van der Waals surface area contributed by atoms with E-state index in [9.17, 15) is 33.5 Å². The molecule has 12 heteroatoms. The molecule has 2 heterocycles. The first-order valence-corrected chi connectivity index (χ1v) is 11.8. The number of carbonyl (C=O) groups excluding carboxylic acids is 2. The molecule has 0 aromatic heterocycles. The molecule has 2 aromatic rings. The van der Waals surface area contributed by atoms with Gasteiger partial charge in [0.05, 0.1) is 12.5 Å². The zero-order valence-corrected chi connectivity index (χ0v) is 20.1. The molecule has 3 atom stereocenters. The number of anilines is 1. The third kappa shape index (κ3) is 5.15. The van der Waals surface area contributed by atoms with Gasteiger partial charge in [0, 0.05) is 44.4 Å². The highest BCUT2D eigenvalue weighted by Gasteiger charge is 2.57. The normalized spacial score (nSPS) is 23.9. The molecule has 0 radical (unpaired) electrons. The number of ether oxygens (including phenoxy) is 1. The Labute approximate surface area is 212 Å². The van der Waals surface area contributed by atoms with E-state index in [-0.39, 0.29) is 18.7 Å². The quantitative estimate of drug-likeness (QED) is 0.410. The van der Waals surface area contributed by atoms with Crippen LogP contribution in [0.2, 0.25) is 0 Å². The molecule has 0 spiro atoms. The minimum absolute atomic E-state index is 0.195. The molecule has 3 N–H and O–H groups in total. The molecule has 0 aliphatic carbocycles. The molecule has 37 heavy (non-hydrogen) atoms. The molecular weight excluding hydrogens is 490 g/mol. The van der Waals surface area contributed by atoms with Crippen LogP contribution < -0.4 is 15.1 Å². The van der Waals surface area contributed by atoms with E-state index in [1.165, 1.54) is 17.3 Å². The van der Waals surface area contributed by atoms with Crippen LogP contribution in [0, 0.1) is 17.6 Å². The number of carbonyl (C=O) groups is 3. The second-order valence-corrected chi connectivity index (χ2v) is 9.23. The number of nitrogens with one attached hydrogen (secondary N) is 1. The van der Waals surface area contributed by atoms with Crippen molar-refractivity contribution in [2.45, 2.75) is 25.0 Å². The highest BCUT2D eigenvalue weighted by atomic mass is 19.1. The Balaban J connectivity index is 1.57. The summed E-state index contributed by atoms with van der Waals surface area (Å²) in [7, 11) is 0. The Bertz CT molecular complexity index is 1160. The second kappa shape index (κ2) is 10.6. The minimum atomic E-state index is -1.87. The lowest BCUT2D eigenvalue weighted by molar-refractivity contribution is -0.161. The molecule has 2 aliphatic heterocycles. The summed E-state index contributed by atoms with van der Waals surface area (Å²) in [6.45, 7) is 2.60. The van der Waals surface area contributed by atoms with Crippen molar-refractivity contribution >= 4 is 23.6 Å². The smallest absolute Gasteiger partial charge is 0.408 e. The third-order valence-corrected chi connectivity index (χ3v) is 7.09. The number of carboxylic acid groups (broad SMARTS) is 1. The standard InChI is InChI=1S/C25H28F2N4O6/c1-25(23(33)30-11-9-29(10-12-30)17-5-3-2-4-6-17)19(22(32)28-36)14-18(15-31(25)24(34)35)37-21-8-7-16(26)13-20(21)27/h2-8,13,18-19,36H,9-12,14-15H2,1H3,(H,28,32)(H,34,35)/t18-,19+,25-/m0/s1. The van der Waals surface area contributed by atoms with Gasteiger partial charge >= 0.3 is 6.09 Å². The first-order chi connectivity index (χ1) is 17.6. The van der Waals surface area contributed by atoms with E-state index in [0.717, 1.165) is 22.7 Å². The predicted molar refractivity (Wildman–Crippen MR) is 127 cm³/mol. The number of halogens is 2. The van der Waals surface area contributed by atoms with Crippen LogP contribution in [0.4, 0.5) is 19.3 Å². The number of amides is 3. The highest BCUT2D eigenvalue weighted by Crippen LogP contribution is 2.38. The lowest BCUT2D eigenvalue weighted by Gasteiger charge is -2.51. The van der Waals surface area contributed by atoms with E-state index in [1.807, 2.05) is 30.3 Å². The first-order valence-electron chi connectivity index (χ1n) is 11.8. The summed E-state index contributed by atoms with van der Waals surface area (Å²) in [4.78, 5) is 43.3.